The number of hydrogen-bond acceptors (Lipinski definition) is 2. The van der Waals surface area contributed by atoms with Crippen LogP contribution in [0.15, 0.2) is 18.2 Å². The Hall–Kier alpha value is -1.51. The standard InChI is InChI=1S/C12H17NO2/c1-4-8(2)10-5-6-11(12(15)7-10)13-9(3)14/h5-8,15H,4H2,1-3H3,(H,13,14). The van der Waals surface area contributed by atoms with Crippen LogP contribution in [0.1, 0.15) is 38.7 Å². The summed E-state index contributed by atoms with van der Waals surface area (Å²) in [5.74, 6) is 0.367. The van der Waals surface area contributed by atoms with Crippen LogP contribution in [0.2, 0.25) is 0 Å². The topological polar surface area (TPSA) is 49.3 Å². The molecule has 0 heterocycles. The van der Waals surface area contributed by atoms with Crippen molar-refractivity contribution in [2.45, 2.75) is 33.1 Å². The van der Waals surface area contributed by atoms with Crippen molar-refractivity contribution in [1.82, 2.24) is 0 Å². The van der Waals surface area contributed by atoms with E-state index in [1.54, 1.807) is 12.1 Å². The molecule has 0 saturated carbocycles. The second-order valence-electron chi connectivity index (χ2n) is 3.77. The van der Waals surface area contributed by atoms with Gasteiger partial charge in [0.1, 0.15) is 5.75 Å². The minimum Gasteiger partial charge on any atom is -0.506 e. The first-order chi connectivity index (χ1) is 7.04. The largest absolute Gasteiger partial charge is 0.506 e. The zero-order valence-corrected chi connectivity index (χ0v) is 9.37. The second kappa shape index (κ2) is 4.82. The smallest absolute Gasteiger partial charge is 0.221 e. The number of phenolic OH excluding ortho intramolecular Hbond substituents is 1. The monoisotopic (exact) mass is 207 g/mol. The fourth-order valence-electron chi connectivity index (χ4n) is 1.39. The minimum absolute atomic E-state index is 0.128. The Bertz CT molecular complexity index is 361. The molecule has 0 saturated heterocycles. The van der Waals surface area contributed by atoms with Crippen molar-refractivity contribution in [2.75, 3.05) is 5.32 Å². The molecule has 0 fully saturated rings. The van der Waals surface area contributed by atoms with Gasteiger partial charge in [-0.05, 0) is 30.0 Å². The van der Waals surface area contributed by atoms with Crippen LogP contribution in [0.3, 0.4) is 0 Å². The molecule has 0 aliphatic rings. The number of carbonyl (C=O) groups is 1. The maximum Gasteiger partial charge on any atom is 0.221 e. The Morgan fingerprint density at radius 3 is 2.67 bits per heavy atom. The van der Waals surface area contributed by atoms with Gasteiger partial charge in [0.05, 0.1) is 5.69 Å². The predicted octanol–water partition coefficient (Wildman–Crippen LogP) is 2.86. The fourth-order valence-corrected chi connectivity index (χ4v) is 1.39. The lowest BCUT2D eigenvalue weighted by molar-refractivity contribution is -0.114. The van der Waals surface area contributed by atoms with Gasteiger partial charge in [0.2, 0.25) is 5.91 Å². The average Bonchev–Trinajstić information content (AvgIpc) is 2.19. The van der Waals surface area contributed by atoms with E-state index in [0.29, 0.717) is 11.6 Å². The Kier molecular flexibility index (Phi) is 3.72. The summed E-state index contributed by atoms with van der Waals surface area (Å²) in [4.78, 5) is 10.8. The molecule has 0 radical (unpaired) electrons. The van der Waals surface area contributed by atoms with Crippen LogP contribution < -0.4 is 5.32 Å². The van der Waals surface area contributed by atoms with Crippen LogP contribution in [0.4, 0.5) is 5.69 Å². The third kappa shape index (κ3) is 2.98. The third-order valence-corrected chi connectivity index (χ3v) is 2.51. The molecule has 0 bridgehead atoms. The van der Waals surface area contributed by atoms with Gasteiger partial charge in [-0.1, -0.05) is 19.9 Å². The van der Waals surface area contributed by atoms with Crippen LogP contribution >= 0.6 is 0 Å². The molecule has 82 valence electrons. The molecule has 1 unspecified atom stereocenters. The van der Waals surface area contributed by atoms with Gasteiger partial charge in [-0.2, -0.15) is 0 Å². The average molecular weight is 207 g/mol. The third-order valence-electron chi connectivity index (χ3n) is 2.51. The first-order valence-electron chi connectivity index (χ1n) is 5.15. The number of nitrogens with one attached hydrogen (secondary N) is 1. The summed E-state index contributed by atoms with van der Waals surface area (Å²) >= 11 is 0. The van der Waals surface area contributed by atoms with E-state index in [4.69, 9.17) is 0 Å². The number of rotatable bonds is 3. The Morgan fingerprint density at radius 1 is 1.53 bits per heavy atom. The normalized spacial score (nSPS) is 12.2. The molecule has 0 aromatic heterocycles. The number of carbonyl (C=O) groups excluding carboxylic acids is 1. The van der Waals surface area contributed by atoms with Gasteiger partial charge in [-0.15, -0.1) is 0 Å². The molecule has 15 heavy (non-hydrogen) atoms. The molecule has 3 nitrogen and oxygen atoms in total. The SMILES string of the molecule is CCC(C)c1ccc(NC(C)=O)c(O)c1. The summed E-state index contributed by atoms with van der Waals surface area (Å²) < 4.78 is 0. The van der Waals surface area contributed by atoms with E-state index in [2.05, 4.69) is 19.2 Å². The molecule has 1 rings (SSSR count). The lowest BCUT2D eigenvalue weighted by Gasteiger charge is -2.11. The van der Waals surface area contributed by atoms with Gasteiger partial charge in [0.15, 0.2) is 0 Å². The van der Waals surface area contributed by atoms with Crippen LogP contribution in [-0.2, 0) is 4.79 Å². The molecule has 1 atom stereocenters. The zero-order chi connectivity index (χ0) is 11.4. The first kappa shape index (κ1) is 11.6. The van der Waals surface area contributed by atoms with E-state index in [-0.39, 0.29) is 11.7 Å². The van der Waals surface area contributed by atoms with E-state index >= 15 is 0 Å². The highest BCUT2D eigenvalue weighted by Crippen LogP contribution is 2.28. The molecule has 2 N–H and O–H groups in total. The summed E-state index contributed by atoms with van der Waals surface area (Å²) in [5, 5.41) is 12.2. The molecular weight excluding hydrogens is 190 g/mol. The highest BCUT2D eigenvalue weighted by atomic mass is 16.3. The molecule has 0 spiro atoms. The summed E-state index contributed by atoms with van der Waals surface area (Å²) in [6.07, 6.45) is 1.03. The number of hydrogen-bond donors (Lipinski definition) is 2. The molecular formula is C12H17NO2. The molecule has 1 aromatic carbocycles. The van der Waals surface area contributed by atoms with Crippen molar-refractivity contribution in [2.24, 2.45) is 0 Å². The Balaban J connectivity index is 2.92. The first-order valence-corrected chi connectivity index (χ1v) is 5.15. The zero-order valence-electron chi connectivity index (χ0n) is 9.37. The van der Waals surface area contributed by atoms with Crippen molar-refractivity contribution in [1.29, 1.82) is 0 Å². The van der Waals surface area contributed by atoms with Crippen molar-refractivity contribution in [3.63, 3.8) is 0 Å². The lowest BCUT2D eigenvalue weighted by atomic mass is 9.98. The van der Waals surface area contributed by atoms with Gasteiger partial charge >= 0.3 is 0 Å². The van der Waals surface area contributed by atoms with Crippen molar-refractivity contribution >= 4 is 11.6 Å². The molecule has 0 aliphatic heterocycles. The van der Waals surface area contributed by atoms with E-state index in [1.807, 2.05) is 6.07 Å². The van der Waals surface area contributed by atoms with Crippen LogP contribution in [0.5, 0.6) is 5.75 Å². The van der Waals surface area contributed by atoms with E-state index in [9.17, 15) is 9.90 Å². The maximum absolute atomic E-state index is 10.8. The van der Waals surface area contributed by atoms with Crippen molar-refractivity contribution in [3.8, 4) is 5.75 Å². The Labute approximate surface area is 90.1 Å². The van der Waals surface area contributed by atoms with E-state index < -0.39 is 0 Å². The predicted molar refractivity (Wildman–Crippen MR) is 61.1 cm³/mol. The van der Waals surface area contributed by atoms with E-state index in [0.717, 1.165) is 12.0 Å². The quantitative estimate of drug-likeness (QED) is 0.749. The highest BCUT2D eigenvalue weighted by Gasteiger charge is 2.07. The number of anilines is 1. The fraction of sp³-hybridized carbons (Fsp3) is 0.417. The molecule has 1 aromatic rings. The maximum atomic E-state index is 10.8. The van der Waals surface area contributed by atoms with Crippen LogP contribution in [0, 0.1) is 0 Å². The summed E-state index contributed by atoms with van der Waals surface area (Å²) in [7, 11) is 0. The molecule has 1 amide bonds. The summed E-state index contributed by atoms with van der Waals surface area (Å²) in [6, 6.07) is 5.37. The van der Waals surface area contributed by atoms with Gasteiger partial charge in [-0.25, -0.2) is 0 Å². The van der Waals surface area contributed by atoms with E-state index in [1.165, 1.54) is 6.92 Å². The number of aromatic hydroxyl groups is 1. The van der Waals surface area contributed by atoms with Crippen LogP contribution in [0.25, 0.3) is 0 Å². The van der Waals surface area contributed by atoms with Crippen molar-refractivity contribution < 1.29 is 9.90 Å². The van der Waals surface area contributed by atoms with Gasteiger partial charge < -0.3 is 10.4 Å². The summed E-state index contributed by atoms with van der Waals surface area (Å²) in [5.41, 5.74) is 1.55. The van der Waals surface area contributed by atoms with Gasteiger partial charge in [-0.3, -0.25) is 4.79 Å². The number of benzene rings is 1. The highest BCUT2D eigenvalue weighted by molar-refractivity contribution is 5.90. The van der Waals surface area contributed by atoms with Crippen molar-refractivity contribution in [3.05, 3.63) is 23.8 Å². The van der Waals surface area contributed by atoms with Gasteiger partial charge in [0.25, 0.3) is 0 Å². The number of amides is 1. The second-order valence-corrected chi connectivity index (χ2v) is 3.77. The minimum atomic E-state index is -0.179. The molecule has 3 heteroatoms. The lowest BCUT2D eigenvalue weighted by Crippen LogP contribution is -2.06. The summed E-state index contributed by atoms with van der Waals surface area (Å²) in [6.45, 7) is 5.62. The molecule has 0 aliphatic carbocycles. The van der Waals surface area contributed by atoms with Gasteiger partial charge in [0, 0.05) is 6.92 Å². The number of phenols is 1. The van der Waals surface area contributed by atoms with Crippen LogP contribution in [-0.4, -0.2) is 11.0 Å². The Morgan fingerprint density at radius 2 is 2.20 bits per heavy atom.